The summed E-state index contributed by atoms with van der Waals surface area (Å²) in [5.41, 5.74) is 6.81. The van der Waals surface area contributed by atoms with Crippen molar-refractivity contribution < 1.29 is 8.42 Å². The molecule has 0 radical (unpaired) electrons. The fourth-order valence-corrected chi connectivity index (χ4v) is 3.98. The van der Waals surface area contributed by atoms with Crippen LogP contribution in [0.5, 0.6) is 0 Å². The zero-order valence-corrected chi connectivity index (χ0v) is 10.9. The van der Waals surface area contributed by atoms with Crippen molar-refractivity contribution in [2.75, 3.05) is 6.54 Å². The molecule has 1 aromatic rings. The minimum Gasteiger partial charge on any atom is -0.326 e. The second-order valence-corrected chi connectivity index (χ2v) is 6.52. The van der Waals surface area contributed by atoms with Gasteiger partial charge in [0, 0.05) is 18.6 Å². The molecule has 5 heteroatoms. The lowest BCUT2D eigenvalue weighted by Crippen LogP contribution is -2.40. The summed E-state index contributed by atoms with van der Waals surface area (Å²) >= 11 is 0. The van der Waals surface area contributed by atoms with Gasteiger partial charge in [-0.15, -0.1) is 0 Å². The smallest absolute Gasteiger partial charge is 0.243 e. The van der Waals surface area contributed by atoms with Crippen molar-refractivity contribution in [1.29, 1.82) is 0 Å². The number of aryl methyl sites for hydroxylation is 1. The number of nitrogens with zero attached hydrogens (tertiary/aromatic N) is 1. The highest BCUT2D eigenvalue weighted by atomic mass is 32.2. The molecule has 0 bridgehead atoms. The van der Waals surface area contributed by atoms with Crippen molar-refractivity contribution >= 4 is 10.0 Å². The van der Waals surface area contributed by atoms with Crippen LogP contribution in [0.3, 0.4) is 0 Å². The van der Waals surface area contributed by atoms with Crippen molar-refractivity contribution in [2.24, 2.45) is 5.73 Å². The zero-order chi connectivity index (χ0) is 12.6. The Kier molecular flexibility index (Phi) is 3.25. The normalized spacial score (nSPS) is 26.3. The highest BCUT2D eigenvalue weighted by Crippen LogP contribution is 2.25. The second-order valence-electron chi connectivity index (χ2n) is 4.63. The monoisotopic (exact) mass is 254 g/mol. The lowest BCUT2D eigenvalue weighted by Gasteiger charge is -2.22. The van der Waals surface area contributed by atoms with Crippen LogP contribution in [0.4, 0.5) is 0 Å². The molecule has 2 atom stereocenters. The maximum Gasteiger partial charge on any atom is 0.243 e. The first-order valence-electron chi connectivity index (χ1n) is 5.77. The molecule has 0 spiro atoms. The predicted molar refractivity (Wildman–Crippen MR) is 67.1 cm³/mol. The predicted octanol–water partition coefficient (Wildman–Crippen LogP) is 1.11. The number of hydrogen-bond donors (Lipinski definition) is 1. The van der Waals surface area contributed by atoms with Gasteiger partial charge in [0.2, 0.25) is 10.0 Å². The van der Waals surface area contributed by atoms with Gasteiger partial charge in [0.1, 0.15) is 0 Å². The molecule has 1 aliphatic heterocycles. The van der Waals surface area contributed by atoms with Crippen LogP contribution in [0.25, 0.3) is 0 Å². The maximum atomic E-state index is 12.4. The van der Waals surface area contributed by atoms with E-state index >= 15 is 0 Å². The molecule has 2 unspecified atom stereocenters. The Bertz CT molecular complexity index is 513. The van der Waals surface area contributed by atoms with E-state index < -0.39 is 10.0 Å². The number of sulfonamides is 1. The fourth-order valence-electron chi connectivity index (χ4n) is 2.18. The van der Waals surface area contributed by atoms with Gasteiger partial charge < -0.3 is 5.73 Å². The summed E-state index contributed by atoms with van der Waals surface area (Å²) in [5, 5.41) is 0. The zero-order valence-electron chi connectivity index (χ0n) is 10.1. The summed E-state index contributed by atoms with van der Waals surface area (Å²) in [6, 6.07) is 6.81. The van der Waals surface area contributed by atoms with Crippen LogP contribution in [-0.4, -0.2) is 31.4 Å². The minimum atomic E-state index is -3.39. The van der Waals surface area contributed by atoms with Crippen LogP contribution in [0.2, 0.25) is 0 Å². The van der Waals surface area contributed by atoms with Crippen LogP contribution in [-0.2, 0) is 10.0 Å². The summed E-state index contributed by atoms with van der Waals surface area (Å²) < 4.78 is 26.3. The number of hydrogen-bond acceptors (Lipinski definition) is 3. The molecule has 1 saturated heterocycles. The van der Waals surface area contributed by atoms with Gasteiger partial charge in [0.25, 0.3) is 0 Å². The summed E-state index contributed by atoms with van der Waals surface area (Å²) in [6.07, 6.45) is 0.728. The molecule has 17 heavy (non-hydrogen) atoms. The van der Waals surface area contributed by atoms with Crippen molar-refractivity contribution in [3.8, 4) is 0 Å². The summed E-state index contributed by atoms with van der Waals surface area (Å²) in [4.78, 5) is 0.360. The van der Waals surface area contributed by atoms with Gasteiger partial charge in [-0.2, -0.15) is 4.31 Å². The van der Waals surface area contributed by atoms with Crippen LogP contribution in [0.1, 0.15) is 18.9 Å². The van der Waals surface area contributed by atoms with Crippen molar-refractivity contribution in [1.82, 2.24) is 4.31 Å². The lowest BCUT2D eigenvalue weighted by atomic mass is 10.2. The standard InChI is InChI=1S/C12H18N2O2S/c1-9-4-3-5-11(8-9)17(15,16)14-7-6-12(13)10(14)2/h3-5,8,10,12H,6-7,13H2,1-2H3. The Labute approximate surface area is 102 Å². The highest BCUT2D eigenvalue weighted by Gasteiger charge is 2.37. The molecule has 0 saturated carbocycles. The molecule has 94 valence electrons. The second kappa shape index (κ2) is 4.40. The van der Waals surface area contributed by atoms with Crippen LogP contribution < -0.4 is 5.73 Å². The first-order chi connectivity index (χ1) is 7.93. The average Bonchev–Trinajstić information content (AvgIpc) is 2.60. The van der Waals surface area contributed by atoms with Gasteiger partial charge >= 0.3 is 0 Å². The van der Waals surface area contributed by atoms with Gasteiger partial charge in [-0.3, -0.25) is 0 Å². The van der Waals surface area contributed by atoms with E-state index in [1.165, 1.54) is 4.31 Å². The van der Waals surface area contributed by atoms with E-state index in [0.717, 1.165) is 12.0 Å². The van der Waals surface area contributed by atoms with Crippen molar-refractivity contribution in [2.45, 2.75) is 37.2 Å². The third kappa shape index (κ3) is 2.22. The van der Waals surface area contributed by atoms with Crippen LogP contribution in [0, 0.1) is 6.92 Å². The van der Waals surface area contributed by atoms with E-state index in [-0.39, 0.29) is 12.1 Å². The Balaban J connectivity index is 2.37. The minimum absolute atomic E-state index is 0.0606. The van der Waals surface area contributed by atoms with Crippen LogP contribution in [0.15, 0.2) is 29.2 Å². The largest absolute Gasteiger partial charge is 0.326 e. The topological polar surface area (TPSA) is 63.4 Å². The quantitative estimate of drug-likeness (QED) is 0.859. The fraction of sp³-hybridized carbons (Fsp3) is 0.500. The number of nitrogens with two attached hydrogens (primary N) is 1. The molecule has 0 aromatic heterocycles. The lowest BCUT2D eigenvalue weighted by molar-refractivity contribution is 0.393. The third-order valence-corrected chi connectivity index (χ3v) is 5.34. The first kappa shape index (κ1) is 12.5. The van der Waals surface area contributed by atoms with Gasteiger partial charge in [-0.25, -0.2) is 8.42 Å². The molecular formula is C12H18N2O2S. The van der Waals surface area contributed by atoms with Gasteiger partial charge in [-0.05, 0) is 38.0 Å². The molecule has 2 N–H and O–H groups in total. The van der Waals surface area contributed by atoms with Gasteiger partial charge in [0.15, 0.2) is 0 Å². The Morgan fingerprint density at radius 2 is 2.12 bits per heavy atom. The van der Waals surface area contributed by atoms with E-state index in [1.807, 2.05) is 19.9 Å². The summed E-state index contributed by atoms with van der Waals surface area (Å²) in [7, 11) is -3.39. The Morgan fingerprint density at radius 1 is 1.41 bits per heavy atom. The first-order valence-corrected chi connectivity index (χ1v) is 7.21. The molecule has 0 aliphatic carbocycles. The Hall–Kier alpha value is -0.910. The van der Waals surface area contributed by atoms with Gasteiger partial charge in [-0.1, -0.05) is 12.1 Å². The maximum absolute atomic E-state index is 12.4. The van der Waals surface area contributed by atoms with Gasteiger partial charge in [0.05, 0.1) is 4.90 Å². The third-order valence-electron chi connectivity index (χ3n) is 3.35. The van der Waals surface area contributed by atoms with E-state index in [0.29, 0.717) is 11.4 Å². The summed E-state index contributed by atoms with van der Waals surface area (Å²) in [5.74, 6) is 0. The van der Waals surface area contributed by atoms with E-state index in [9.17, 15) is 8.42 Å². The molecule has 1 aromatic carbocycles. The van der Waals surface area contributed by atoms with E-state index in [1.54, 1.807) is 18.2 Å². The number of rotatable bonds is 2. The highest BCUT2D eigenvalue weighted by molar-refractivity contribution is 7.89. The van der Waals surface area contributed by atoms with Crippen molar-refractivity contribution in [3.05, 3.63) is 29.8 Å². The summed E-state index contributed by atoms with van der Waals surface area (Å²) in [6.45, 7) is 4.27. The van der Waals surface area contributed by atoms with E-state index in [4.69, 9.17) is 5.73 Å². The van der Waals surface area contributed by atoms with E-state index in [2.05, 4.69) is 0 Å². The molecule has 2 rings (SSSR count). The molecular weight excluding hydrogens is 236 g/mol. The molecule has 0 amide bonds. The van der Waals surface area contributed by atoms with Crippen LogP contribution >= 0.6 is 0 Å². The molecule has 4 nitrogen and oxygen atoms in total. The number of benzene rings is 1. The molecule has 1 aliphatic rings. The average molecular weight is 254 g/mol. The SMILES string of the molecule is Cc1cccc(S(=O)(=O)N2CCC(N)C2C)c1. The Morgan fingerprint density at radius 3 is 2.65 bits per heavy atom. The molecule has 1 fully saturated rings. The van der Waals surface area contributed by atoms with Crippen molar-refractivity contribution in [3.63, 3.8) is 0 Å². The molecule has 1 heterocycles.